The second kappa shape index (κ2) is 5.50. The summed E-state index contributed by atoms with van der Waals surface area (Å²) in [6.07, 6.45) is 1.33. The SMILES string of the molecule is CC(C)N(C)C(=O)CC(N)CC(C)(C)C. The first-order chi connectivity index (χ1) is 6.63. The maximum absolute atomic E-state index is 11.7. The lowest BCUT2D eigenvalue weighted by Gasteiger charge is -2.26. The predicted octanol–water partition coefficient (Wildman–Crippen LogP) is 2.01. The normalized spacial score (nSPS) is 14.1. The van der Waals surface area contributed by atoms with Crippen LogP contribution in [-0.4, -0.2) is 29.9 Å². The lowest BCUT2D eigenvalue weighted by atomic mass is 9.87. The Kier molecular flexibility index (Phi) is 5.29. The van der Waals surface area contributed by atoms with E-state index in [0.717, 1.165) is 6.42 Å². The molecule has 0 aromatic heterocycles. The van der Waals surface area contributed by atoms with Gasteiger partial charge in [0, 0.05) is 25.6 Å². The van der Waals surface area contributed by atoms with E-state index in [2.05, 4.69) is 20.8 Å². The van der Waals surface area contributed by atoms with Crippen molar-refractivity contribution >= 4 is 5.91 Å². The van der Waals surface area contributed by atoms with Crippen LogP contribution in [0.4, 0.5) is 0 Å². The van der Waals surface area contributed by atoms with Gasteiger partial charge in [-0.05, 0) is 25.7 Å². The molecule has 0 fully saturated rings. The Morgan fingerprint density at radius 2 is 1.80 bits per heavy atom. The maximum Gasteiger partial charge on any atom is 0.224 e. The first kappa shape index (κ1) is 14.4. The molecule has 3 nitrogen and oxygen atoms in total. The van der Waals surface area contributed by atoms with Crippen molar-refractivity contribution in [1.82, 2.24) is 4.90 Å². The van der Waals surface area contributed by atoms with Crippen molar-refractivity contribution in [3.8, 4) is 0 Å². The molecule has 1 unspecified atom stereocenters. The van der Waals surface area contributed by atoms with Gasteiger partial charge in [0.25, 0.3) is 0 Å². The van der Waals surface area contributed by atoms with E-state index < -0.39 is 0 Å². The number of amides is 1. The maximum atomic E-state index is 11.7. The van der Waals surface area contributed by atoms with Gasteiger partial charge in [-0.25, -0.2) is 0 Å². The number of nitrogens with two attached hydrogens (primary N) is 1. The molecule has 0 spiro atoms. The van der Waals surface area contributed by atoms with Crippen LogP contribution in [0.3, 0.4) is 0 Å². The van der Waals surface area contributed by atoms with E-state index in [0.29, 0.717) is 6.42 Å². The zero-order chi connectivity index (χ0) is 12.2. The van der Waals surface area contributed by atoms with Crippen LogP contribution in [0.25, 0.3) is 0 Å². The largest absolute Gasteiger partial charge is 0.343 e. The molecule has 0 aromatic carbocycles. The Bertz CT molecular complexity index is 206. The van der Waals surface area contributed by atoms with Gasteiger partial charge in [-0.15, -0.1) is 0 Å². The highest BCUT2D eigenvalue weighted by molar-refractivity contribution is 5.76. The zero-order valence-electron chi connectivity index (χ0n) is 11.0. The first-order valence-corrected chi connectivity index (χ1v) is 5.64. The predicted molar refractivity (Wildman–Crippen MR) is 64.6 cm³/mol. The molecule has 0 aliphatic carbocycles. The third-order valence-electron chi connectivity index (χ3n) is 2.48. The van der Waals surface area contributed by atoms with Gasteiger partial charge in [-0.2, -0.15) is 0 Å². The molecule has 0 aliphatic rings. The Morgan fingerprint density at radius 3 is 2.13 bits per heavy atom. The van der Waals surface area contributed by atoms with Crippen molar-refractivity contribution in [2.24, 2.45) is 11.1 Å². The van der Waals surface area contributed by atoms with Crippen LogP contribution in [0.15, 0.2) is 0 Å². The minimum absolute atomic E-state index is 0.0290. The summed E-state index contributed by atoms with van der Waals surface area (Å²) < 4.78 is 0. The molecule has 90 valence electrons. The van der Waals surface area contributed by atoms with Crippen molar-refractivity contribution in [1.29, 1.82) is 0 Å². The lowest BCUT2D eigenvalue weighted by molar-refractivity contribution is -0.131. The van der Waals surface area contributed by atoms with E-state index in [1.165, 1.54) is 0 Å². The summed E-state index contributed by atoms with van der Waals surface area (Å²) in [6.45, 7) is 10.4. The van der Waals surface area contributed by atoms with Crippen LogP contribution in [-0.2, 0) is 4.79 Å². The number of carbonyl (C=O) groups is 1. The molecule has 0 bridgehead atoms. The fourth-order valence-electron chi connectivity index (χ4n) is 1.52. The second-order valence-corrected chi connectivity index (χ2v) is 5.83. The van der Waals surface area contributed by atoms with Gasteiger partial charge in [0.15, 0.2) is 0 Å². The molecule has 0 aromatic rings. The molecular formula is C12H26N2O. The quantitative estimate of drug-likeness (QED) is 0.778. The minimum Gasteiger partial charge on any atom is -0.343 e. The summed E-state index contributed by atoms with van der Waals surface area (Å²) in [5, 5.41) is 0. The Balaban J connectivity index is 4.08. The number of rotatable bonds is 4. The fraction of sp³-hybridized carbons (Fsp3) is 0.917. The van der Waals surface area contributed by atoms with E-state index in [4.69, 9.17) is 5.73 Å². The van der Waals surface area contributed by atoms with Gasteiger partial charge in [-0.3, -0.25) is 4.79 Å². The van der Waals surface area contributed by atoms with Crippen molar-refractivity contribution < 1.29 is 4.79 Å². The van der Waals surface area contributed by atoms with Crippen LogP contribution >= 0.6 is 0 Å². The van der Waals surface area contributed by atoms with Crippen LogP contribution in [0.2, 0.25) is 0 Å². The Labute approximate surface area is 94.0 Å². The highest BCUT2D eigenvalue weighted by Crippen LogP contribution is 2.21. The monoisotopic (exact) mass is 214 g/mol. The minimum atomic E-state index is -0.0290. The van der Waals surface area contributed by atoms with Crippen molar-refractivity contribution in [3.63, 3.8) is 0 Å². The summed E-state index contributed by atoms with van der Waals surface area (Å²) in [7, 11) is 1.83. The van der Waals surface area contributed by atoms with Crippen molar-refractivity contribution in [2.75, 3.05) is 7.05 Å². The molecule has 3 heteroatoms. The van der Waals surface area contributed by atoms with Gasteiger partial charge in [0.1, 0.15) is 0 Å². The van der Waals surface area contributed by atoms with Crippen LogP contribution < -0.4 is 5.73 Å². The Hall–Kier alpha value is -0.570. The summed E-state index contributed by atoms with van der Waals surface area (Å²) in [5.41, 5.74) is 6.14. The number of carbonyl (C=O) groups excluding carboxylic acids is 1. The number of nitrogens with zero attached hydrogens (tertiary/aromatic N) is 1. The highest BCUT2D eigenvalue weighted by Gasteiger charge is 2.20. The smallest absolute Gasteiger partial charge is 0.224 e. The van der Waals surface area contributed by atoms with E-state index in [9.17, 15) is 4.79 Å². The molecule has 1 amide bonds. The number of hydrogen-bond acceptors (Lipinski definition) is 2. The Morgan fingerprint density at radius 1 is 1.33 bits per heavy atom. The summed E-state index contributed by atoms with van der Waals surface area (Å²) in [6, 6.07) is 0.220. The van der Waals surface area contributed by atoms with Crippen molar-refractivity contribution in [3.05, 3.63) is 0 Å². The van der Waals surface area contributed by atoms with Gasteiger partial charge in [0.2, 0.25) is 5.91 Å². The summed E-state index contributed by atoms with van der Waals surface area (Å²) in [4.78, 5) is 13.5. The van der Waals surface area contributed by atoms with Gasteiger partial charge in [-0.1, -0.05) is 20.8 Å². The van der Waals surface area contributed by atoms with E-state index in [-0.39, 0.29) is 23.4 Å². The van der Waals surface area contributed by atoms with Crippen LogP contribution in [0, 0.1) is 5.41 Å². The first-order valence-electron chi connectivity index (χ1n) is 5.64. The molecule has 0 radical (unpaired) electrons. The summed E-state index contributed by atoms with van der Waals surface area (Å²) >= 11 is 0. The molecule has 0 heterocycles. The zero-order valence-corrected chi connectivity index (χ0v) is 11.0. The molecule has 0 rings (SSSR count). The molecule has 0 saturated carbocycles. The summed E-state index contributed by atoms with van der Waals surface area (Å²) in [5.74, 6) is 0.141. The lowest BCUT2D eigenvalue weighted by Crippen LogP contribution is -2.38. The van der Waals surface area contributed by atoms with Crippen LogP contribution in [0.1, 0.15) is 47.5 Å². The van der Waals surface area contributed by atoms with Gasteiger partial charge < -0.3 is 10.6 Å². The van der Waals surface area contributed by atoms with E-state index in [1.54, 1.807) is 4.90 Å². The molecule has 2 N–H and O–H groups in total. The topological polar surface area (TPSA) is 46.3 Å². The fourth-order valence-corrected chi connectivity index (χ4v) is 1.52. The van der Waals surface area contributed by atoms with Gasteiger partial charge in [0.05, 0.1) is 0 Å². The molecular weight excluding hydrogens is 188 g/mol. The molecule has 15 heavy (non-hydrogen) atoms. The standard InChI is InChI=1S/C12H26N2O/c1-9(2)14(6)11(15)7-10(13)8-12(3,4)5/h9-10H,7-8,13H2,1-6H3. The molecule has 0 aliphatic heterocycles. The number of hydrogen-bond donors (Lipinski definition) is 1. The molecule has 0 saturated heterocycles. The van der Waals surface area contributed by atoms with E-state index in [1.807, 2.05) is 20.9 Å². The van der Waals surface area contributed by atoms with E-state index >= 15 is 0 Å². The third kappa shape index (κ3) is 6.50. The molecule has 1 atom stereocenters. The van der Waals surface area contributed by atoms with Gasteiger partial charge >= 0.3 is 0 Å². The highest BCUT2D eigenvalue weighted by atomic mass is 16.2. The average molecular weight is 214 g/mol. The third-order valence-corrected chi connectivity index (χ3v) is 2.48. The average Bonchev–Trinajstić information content (AvgIpc) is 1.98. The van der Waals surface area contributed by atoms with Crippen LogP contribution in [0.5, 0.6) is 0 Å². The van der Waals surface area contributed by atoms with Crippen molar-refractivity contribution in [2.45, 2.75) is 59.5 Å². The second-order valence-electron chi connectivity index (χ2n) is 5.83.